The smallest absolute Gasteiger partial charge is 0.407 e. The van der Waals surface area contributed by atoms with E-state index in [2.05, 4.69) is 32.5 Å². The van der Waals surface area contributed by atoms with E-state index in [0.29, 0.717) is 19.4 Å². The van der Waals surface area contributed by atoms with E-state index in [1.54, 1.807) is 11.3 Å². The number of alkyl carbamates (subject to hydrolysis) is 1. The van der Waals surface area contributed by atoms with Crippen molar-refractivity contribution in [3.8, 4) is 0 Å². The molecule has 0 saturated heterocycles. The number of para-hydroxylation sites is 1. The Hall–Kier alpha value is -2.68. The molecule has 1 heterocycles. The zero-order valence-electron chi connectivity index (χ0n) is 16.6. The number of ether oxygens (including phenoxy) is 1. The van der Waals surface area contributed by atoms with Crippen molar-refractivity contribution in [3.05, 3.63) is 29.3 Å². The van der Waals surface area contributed by atoms with Gasteiger partial charge in [0.15, 0.2) is 0 Å². The molecule has 0 fully saturated rings. The van der Waals surface area contributed by atoms with Crippen LogP contribution in [0.4, 0.5) is 4.79 Å². The van der Waals surface area contributed by atoms with Gasteiger partial charge in [0.25, 0.3) is 0 Å². The lowest BCUT2D eigenvalue weighted by Gasteiger charge is -2.23. The van der Waals surface area contributed by atoms with E-state index in [9.17, 15) is 4.79 Å². The number of carbonyl (C=O) groups is 1. The highest BCUT2D eigenvalue weighted by Crippen LogP contribution is 2.23. The minimum atomic E-state index is -0.549. The molecule has 0 bridgehead atoms. The van der Waals surface area contributed by atoms with Gasteiger partial charge in [-0.3, -0.25) is 4.99 Å². The van der Waals surface area contributed by atoms with Crippen molar-refractivity contribution in [2.75, 3.05) is 6.54 Å². The SMILES string of the molecule is C=NNC(N)=NCCC[C@@H](Cc1nc2ccccc2s1)NC(=O)OC(C)(C)C. The van der Waals surface area contributed by atoms with Gasteiger partial charge in [-0.05, 0) is 45.7 Å². The molecule has 0 spiro atoms. The summed E-state index contributed by atoms with van der Waals surface area (Å²) < 4.78 is 6.53. The van der Waals surface area contributed by atoms with Crippen molar-refractivity contribution >= 4 is 40.3 Å². The third-order valence-electron chi connectivity index (χ3n) is 3.67. The van der Waals surface area contributed by atoms with Crippen LogP contribution in [0.2, 0.25) is 0 Å². The first kappa shape index (κ1) is 21.6. The van der Waals surface area contributed by atoms with E-state index < -0.39 is 11.7 Å². The Labute approximate surface area is 169 Å². The molecule has 2 aromatic rings. The summed E-state index contributed by atoms with van der Waals surface area (Å²) in [5.41, 5.74) is 8.54. The second-order valence-electron chi connectivity index (χ2n) is 7.30. The number of nitrogens with two attached hydrogens (primary N) is 1. The number of nitrogens with one attached hydrogen (secondary N) is 2. The van der Waals surface area contributed by atoms with Gasteiger partial charge < -0.3 is 15.8 Å². The first-order chi connectivity index (χ1) is 13.3. The van der Waals surface area contributed by atoms with Gasteiger partial charge >= 0.3 is 6.09 Å². The van der Waals surface area contributed by atoms with E-state index in [1.807, 2.05) is 45.0 Å². The monoisotopic (exact) mass is 404 g/mol. The second-order valence-corrected chi connectivity index (χ2v) is 8.42. The van der Waals surface area contributed by atoms with Gasteiger partial charge in [-0.1, -0.05) is 12.1 Å². The summed E-state index contributed by atoms with van der Waals surface area (Å²) in [7, 11) is 0. The van der Waals surface area contributed by atoms with Crippen molar-refractivity contribution < 1.29 is 9.53 Å². The van der Waals surface area contributed by atoms with E-state index in [1.165, 1.54) is 0 Å². The molecule has 1 amide bonds. The molecule has 1 aromatic carbocycles. The predicted molar refractivity (Wildman–Crippen MR) is 115 cm³/mol. The maximum absolute atomic E-state index is 12.2. The van der Waals surface area contributed by atoms with Crippen molar-refractivity contribution in [2.45, 2.75) is 51.7 Å². The van der Waals surface area contributed by atoms with Gasteiger partial charge in [0.2, 0.25) is 5.96 Å². The second kappa shape index (κ2) is 10.0. The molecule has 0 aliphatic heterocycles. The van der Waals surface area contributed by atoms with Crippen LogP contribution >= 0.6 is 11.3 Å². The van der Waals surface area contributed by atoms with E-state index in [0.717, 1.165) is 21.6 Å². The maximum Gasteiger partial charge on any atom is 0.407 e. The Morgan fingerprint density at radius 1 is 1.39 bits per heavy atom. The fraction of sp³-hybridized carbons (Fsp3) is 0.474. The zero-order chi connectivity index (χ0) is 20.6. The standard InChI is InChI=1S/C19H28N6O2S/c1-19(2,3)27-18(26)23-13(8-7-11-22-17(20)25-21-4)12-16-24-14-9-5-6-10-15(14)28-16/h5-6,9-10,13H,4,7-8,11-12H2,1-3H3,(H,23,26)(H3,20,22,25)/t13-/m0/s1. The summed E-state index contributed by atoms with van der Waals surface area (Å²) >= 11 is 1.64. The number of benzene rings is 1. The van der Waals surface area contributed by atoms with Crippen LogP contribution in [0, 0.1) is 0 Å². The molecular weight excluding hydrogens is 376 g/mol. The number of hydrogen-bond acceptors (Lipinski definition) is 6. The number of fused-ring (bicyclic) bond motifs is 1. The number of hydrogen-bond donors (Lipinski definition) is 3. The number of guanidine groups is 1. The number of aromatic nitrogens is 1. The highest BCUT2D eigenvalue weighted by Gasteiger charge is 2.20. The summed E-state index contributed by atoms with van der Waals surface area (Å²) in [6.45, 7) is 9.33. The molecule has 0 radical (unpaired) electrons. The fourth-order valence-electron chi connectivity index (χ4n) is 2.57. The lowest BCUT2D eigenvalue weighted by Crippen LogP contribution is -2.40. The average Bonchev–Trinajstić information content (AvgIpc) is 2.99. The normalized spacial score (nSPS) is 13.2. The molecule has 28 heavy (non-hydrogen) atoms. The molecule has 1 atom stereocenters. The van der Waals surface area contributed by atoms with Crippen molar-refractivity contribution in [1.29, 1.82) is 0 Å². The van der Waals surface area contributed by atoms with Gasteiger partial charge in [0.05, 0.1) is 15.2 Å². The minimum absolute atomic E-state index is 0.114. The minimum Gasteiger partial charge on any atom is -0.444 e. The molecule has 9 heteroatoms. The average molecular weight is 405 g/mol. The molecule has 0 unspecified atom stereocenters. The van der Waals surface area contributed by atoms with Crippen LogP contribution < -0.4 is 16.5 Å². The van der Waals surface area contributed by atoms with Crippen LogP contribution in [-0.2, 0) is 11.2 Å². The van der Waals surface area contributed by atoms with Gasteiger partial charge in [-0.15, -0.1) is 11.3 Å². The Kier molecular flexibility index (Phi) is 7.74. The highest BCUT2D eigenvalue weighted by molar-refractivity contribution is 7.18. The van der Waals surface area contributed by atoms with E-state index >= 15 is 0 Å². The third kappa shape index (κ3) is 7.51. The summed E-state index contributed by atoms with van der Waals surface area (Å²) in [6, 6.07) is 7.89. The third-order valence-corrected chi connectivity index (χ3v) is 4.73. The summed E-state index contributed by atoms with van der Waals surface area (Å²) in [6.07, 6.45) is 1.65. The van der Waals surface area contributed by atoms with Crippen molar-refractivity contribution in [1.82, 2.24) is 15.7 Å². The zero-order valence-corrected chi connectivity index (χ0v) is 17.4. The van der Waals surface area contributed by atoms with Gasteiger partial charge in [-0.2, -0.15) is 5.10 Å². The van der Waals surface area contributed by atoms with Gasteiger partial charge in [-0.25, -0.2) is 15.2 Å². The number of rotatable bonds is 8. The number of carbonyl (C=O) groups excluding carboxylic acids is 1. The van der Waals surface area contributed by atoms with E-state index in [4.69, 9.17) is 10.5 Å². The molecule has 1 aromatic heterocycles. The number of nitrogens with zero attached hydrogens (tertiary/aromatic N) is 3. The fourth-order valence-corrected chi connectivity index (χ4v) is 3.62. The summed E-state index contributed by atoms with van der Waals surface area (Å²) in [5, 5.41) is 7.40. The number of amides is 1. The molecule has 2 rings (SSSR count). The molecule has 8 nitrogen and oxygen atoms in total. The lowest BCUT2D eigenvalue weighted by molar-refractivity contribution is 0.0501. The van der Waals surface area contributed by atoms with Gasteiger partial charge in [0.1, 0.15) is 5.60 Å². The topological polar surface area (TPSA) is 114 Å². The Bertz CT molecular complexity index is 794. The Morgan fingerprint density at radius 3 is 2.82 bits per heavy atom. The van der Waals surface area contributed by atoms with Gasteiger partial charge in [0, 0.05) is 25.7 Å². The highest BCUT2D eigenvalue weighted by atomic mass is 32.1. The van der Waals surface area contributed by atoms with Crippen LogP contribution in [0.3, 0.4) is 0 Å². The number of thiazole rings is 1. The Morgan fingerprint density at radius 2 is 2.14 bits per heavy atom. The van der Waals surface area contributed by atoms with Crippen LogP contribution in [-0.4, -0.2) is 41.9 Å². The summed E-state index contributed by atoms with van der Waals surface area (Å²) in [5.74, 6) is 0.220. The maximum atomic E-state index is 12.2. The molecule has 0 aliphatic carbocycles. The number of hydrazone groups is 1. The molecule has 4 N–H and O–H groups in total. The number of aliphatic imine (C=N–C) groups is 1. The largest absolute Gasteiger partial charge is 0.444 e. The molecule has 152 valence electrons. The van der Waals surface area contributed by atoms with Crippen LogP contribution in [0.1, 0.15) is 38.6 Å². The summed E-state index contributed by atoms with van der Waals surface area (Å²) in [4.78, 5) is 21.1. The van der Waals surface area contributed by atoms with Crippen LogP contribution in [0.5, 0.6) is 0 Å². The van der Waals surface area contributed by atoms with E-state index in [-0.39, 0.29) is 12.0 Å². The van der Waals surface area contributed by atoms with Crippen LogP contribution in [0.25, 0.3) is 10.2 Å². The first-order valence-corrected chi connectivity index (χ1v) is 9.94. The molecular formula is C19H28N6O2S. The quantitative estimate of drug-likeness (QED) is 0.271. The Balaban J connectivity index is 2.01. The van der Waals surface area contributed by atoms with Crippen molar-refractivity contribution in [2.24, 2.45) is 15.8 Å². The first-order valence-electron chi connectivity index (χ1n) is 9.12. The predicted octanol–water partition coefficient (Wildman–Crippen LogP) is 3.03. The molecule has 0 saturated carbocycles. The van der Waals surface area contributed by atoms with Crippen LogP contribution in [0.15, 0.2) is 34.4 Å². The van der Waals surface area contributed by atoms with Crippen molar-refractivity contribution in [3.63, 3.8) is 0 Å². The lowest BCUT2D eigenvalue weighted by atomic mass is 10.1. The molecule has 0 aliphatic rings.